The lowest BCUT2D eigenvalue weighted by atomic mass is 9.95. The van der Waals surface area contributed by atoms with Crippen LogP contribution in [0.5, 0.6) is 6.01 Å². The number of rotatable bonds is 5. The summed E-state index contributed by atoms with van der Waals surface area (Å²) in [4.78, 5) is 19.4. The van der Waals surface area contributed by atoms with Crippen LogP contribution in [0.3, 0.4) is 0 Å². The molecule has 0 spiro atoms. The van der Waals surface area contributed by atoms with Crippen molar-refractivity contribution in [3.05, 3.63) is 54.0 Å². The second-order valence-electron chi connectivity index (χ2n) is 12.6. The number of ether oxygens (including phenoxy) is 1. The van der Waals surface area contributed by atoms with Crippen molar-refractivity contribution in [3.63, 3.8) is 0 Å². The molecule has 2 bridgehead atoms. The minimum Gasteiger partial charge on any atom is -0.461 e. The lowest BCUT2D eigenvalue weighted by Gasteiger charge is -2.34. The summed E-state index contributed by atoms with van der Waals surface area (Å²) >= 11 is 0. The highest BCUT2D eigenvalue weighted by Crippen LogP contribution is 2.42. The number of hydrogen-bond acceptors (Lipinski definition) is 6. The van der Waals surface area contributed by atoms with E-state index in [-0.39, 0.29) is 5.54 Å². The Morgan fingerprint density at radius 1 is 1.00 bits per heavy atom. The summed E-state index contributed by atoms with van der Waals surface area (Å²) in [5.41, 5.74) is 2.60. The number of aromatic nitrogens is 3. The zero-order chi connectivity index (χ0) is 26.8. The molecule has 4 aliphatic rings. The van der Waals surface area contributed by atoms with E-state index in [0.29, 0.717) is 41.1 Å². The number of anilines is 1. The van der Waals surface area contributed by atoms with Crippen molar-refractivity contribution >= 4 is 27.5 Å². The SMILES string of the molecule is Cc1cccc2cccc(-c3ncc4c(N5CC6CCC(C6)C5)nc(OCC56CCCN5CCC6)nc4c3F)c12. The van der Waals surface area contributed by atoms with Crippen LogP contribution in [0.2, 0.25) is 0 Å². The Kier molecular flexibility index (Phi) is 5.73. The molecule has 2 aromatic carbocycles. The second-order valence-corrected chi connectivity index (χ2v) is 12.6. The fraction of sp³-hybridized carbons (Fsp3) is 0.485. The van der Waals surface area contributed by atoms with E-state index in [4.69, 9.17) is 19.7 Å². The Hall–Kier alpha value is -3.32. The van der Waals surface area contributed by atoms with Gasteiger partial charge in [-0.1, -0.05) is 36.4 Å². The molecule has 4 fully saturated rings. The predicted octanol–water partition coefficient (Wildman–Crippen LogP) is 6.54. The van der Waals surface area contributed by atoms with Crippen LogP contribution in [-0.2, 0) is 0 Å². The van der Waals surface area contributed by atoms with Crippen molar-refractivity contribution in [1.29, 1.82) is 0 Å². The van der Waals surface area contributed by atoms with E-state index in [0.717, 1.165) is 66.7 Å². The average molecular weight is 538 g/mol. The van der Waals surface area contributed by atoms with Gasteiger partial charge in [-0.2, -0.15) is 9.97 Å². The van der Waals surface area contributed by atoms with Crippen molar-refractivity contribution in [2.45, 2.75) is 57.4 Å². The van der Waals surface area contributed by atoms with Crippen LogP contribution >= 0.6 is 0 Å². The maximum Gasteiger partial charge on any atom is 0.319 e. The van der Waals surface area contributed by atoms with Crippen LogP contribution in [0.25, 0.3) is 32.9 Å². The van der Waals surface area contributed by atoms with Crippen LogP contribution in [-0.4, -0.2) is 58.2 Å². The molecule has 3 aliphatic heterocycles. The van der Waals surface area contributed by atoms with Crippen molar-refractivity contribution in [2.24, 2.45) is 11.8 Å². The Morgan fingerprint density at radius 2 is 1.75 bits per heavy atom. The van der Waals surface area contributed by atoms with E-state index >= 15 is 4.39 Å². The van der Waals surface area contributed by atoms with Gasteiger partial charge in [-0.05, 0) is 93.1 Å². The lowest BCUT2D eigenvalue weighted by Crippen LogP contribution is -2.43. The topological polar surface area (TPSA) is 54.4 Å². The van der Waals surface area contributed by atoms with Gasteiger partial charge in [0.15, 0.2) is 5.82 Å². The number of nitrogens with zero attached hydrogens (tertiary/aromatic N) is 5. The monoisotopic (exact) mass is 537 g/mol. The van der Waals surface area contributed by atoms with Crippen molar-refractivity contribution in [1.82, 2.24) is 19.9 Å². The summed E-state index contributed by atoms with van der Waals surface area (Å²) in [7, 11) is 0. The number of halogens is 1. The molecule has 7 heteroatoms. The van der Waals surface area contributed by atoms with E-state index in [1.807, 2.05) is 18.2 Å². The number of hydrogen-bond donors (Lipinski definition) is 0. The third-order valence-electron chi connectivity index (χ3n) is 10.2. The largest absolute Gasteiger partial charge is 0.461 e. The molecule has 2 aromatic heterocycles. The Balaban J connectivity index is 1.25. The zero-order valence-corrected chi connectivity index (χ0v) is 23.2. The van der Waals surface area contributed by atoms with Crippen LogP contribution in [0.15, 0.2) is 42.6 Å². The average Bonchev–Trinajstić information content (AvgIpc) is 3.65. The predicted molar refractivity (Wildman–Crippen MR) is 156 cm³/mol. The van der Waals surface area contributed by atoms with Gasteiger partial charge in [0.1, 0.15) is 23.6 Å². The van der Waals surface area contributed by atoms with Gasteiger partial charge < -0.3 is 9.64 Å². The molecule has 5 heterocycles. The molecule has 1 saturated carbocycles. The molecule has 4 aromatic rings. The molecule has 206 valence electrons. The number of pyridine rings is 1. The molecule has 3 saturated heterocycles. The minimum atomic E-state index is -0.400. The quantitative estimate of drug-likeness (QED) is 0.288. The zero-order valence-electron chi connectivity index (χ0n) is 23.2. The molecule has 2 atom stereocenters. The number of benzene rings is 2. The molecule has 6 nitrogen and oxygen atoms in total. The standard InChI is InChI=1S/C33H36FN5O/c1-21-6-2-7-24-8-3-9-25(27(21)24)29-28(34)30-26(17-35-29)31(38-18-22-10-11-23(16-22)19-38)37-32(36-30)40-20-33-12-4-14-39(33)15-5-13-33/h2-3,6-9,17,22-23H,4-5,10-16,18-20H2,1H3. The first-order valence-electron chi connectivity index (χ1n) is 15.1. The highest BCUT2D eigenvalue weighted by molar-refractivity contribution is 6.00. The van der Waals surface area contributed by atoms with E-state index in [9.17, 15) is 0 Å². The first-order chi connectivity index (χ1) is 19.6. The molecule has 0 amide bonds. The molecule has 40 heavy (non-hydrogen) atoms. The van der Waals surface area contributed by atoms with E-state index in [2.05, 4.69) is 34.9 Å². The van der Waals surface area contributed by atoms with Gasteiger partial charge in [0.2, 0.25) is 0 Å². The Labute approximate surface area is 234 Å². The summed E-state index contributed by atoms with van der Waals surface area (Å²) in [6.45, 7) is 6.80. The van der Waals surface area contributed by atoms with Gasteiger partial charge in [-0.15, -0.1) is 0 Å². The number of aryl methyl sites for hydroxylation is 1. The van der Waals surface area contributed by atoms with Gasteiger partial charge in [0.25, 0.3) is 0 Å². The lowest BCUT2D eigenvalue weighted by molar-refractivity contribution is 0.108. The number of piperidine rings is 1. The maximum atomic E-state index is 16.6. The van der Waals surface area contributed by atoms with Crippen LogP contribution in [0.1, 0.15) is 50.5 Å². The maximum absolute atomic E-state index is 16.6. The molecule has 8 rings (SSSR count). The molecular formula is C33H36FN5O. The smallest absolute Gasteiger partial charge is 0.319 e. The fourth-order valence-electron chi connectivity index (χ4n) is 8.28. The number of fused-ring (bicyclic) bond motifs is 5. The summed E-state index contributed by atoms with van der Waals surface area (Å²) in [6.07, 6.45) is 10.3. The third kappa shape index (κ3) is 3.88. The summed E-state index contributed by atoms with van der Waals surface area (Å²) in [6, 6.07) is 12.5. The molecule has 0 N–H and O–H groups in total. The van der Waals surface area contributed by atoms with Crippen molar-refractivity contribution in [3.8, 4) is 17.3 Å². The fourth-order valence-corrected chi connectivity index (χ4v) is 8.28. The van der Waals surface area contributed by atoms with Gasteiger partial charge in [0.05, 0.1) is 10.9 Å². The Morgan fingerprint density at radius 3 is 2.52 bits per heavy atom. The van der Waals surface area contributed by atoms with Crippen LogP contribution < -0.4 is 9.64 Å². The van der Waals surface area contributed by atoms with Gasteiger partial charge in [-0.3, -0.25) is 9.88 Å². The summed E-state index contributed by atoms with van der Waals surface area (Å²) in [5.74, 6) is 1.72. The highest BCUT2D eigenvalue weighted by Gasteiger charge is 2.45. The van der Waals surface area contributed by atoms with Gasteiger partial charge >= 0.3 is 6.01 Å². The molecular weight excluding hydrogens is 501 g/mol. The van der Waals surface area contributed by atoms with E-state index in [1.165, 1.54) is 32.1 Å². The van der Waals surface area contributed by atoms with Gasteiger partial charge in [-0.25, -0.2) is 4.39 Å². The van der Waals surface area contributed by atoms with Crippen molar-refractivity contribution in [2.75, 3.05) is 37.7 Å². The molecule has 2 unspecified atom stereocenters. The molecule has 0 radical (unpaired) electrons. The summed E-state index contributed by atoms with van der Waals surface area (Å²) < 4.78 is 23.0. The van der Waals surface area contributed by atoms with E-state index in [1.54, 1.807) is 6.20 Å². The Bertz CT molecular complexity index is 1590. The first kappa shape index (κ1) is 24.5. The first-order valence-corrected chi connectivity index (χ1v) is 15.1. The highest BCUT2D eigenvalue weighted by atomic mass is 19.1. The van der Waals surface area contributed by atoms with Crippen molar-refractivity contribution < 1.29 is 9.13 Å². The third-order valence-corrected chi connectivity index (χ3v) is 10.2. The normalized spacial score (nSPS) is 23.8. The molecule has 1 aliphatic carbocycles. The summed E-state index contributed by atoms with van der Waals surface area (Å²) in [5, 5.41) is 2.77. The van der Waals surface area contributed by atoms with E-state index < -0.39 is 5.82 Å². The van der Waals surface area contributed by atoms with Crippen LogP contribution in [0, 0.1) is 24.6 Å². The second kappa shape index (κ2) is 9.37. The minimum absolute atomic E-state index is 0.0745. The van der Waals surface area contributed by atoms with Crippen LogP contribution in [0.4, 0.5) is 10.2 Å². The van der Waals surface area contributed by atoms with Gasteiger partial charge in [0, 0.05) is 24.8 Å².